The van der Waals surface area contributed by atoms with Crippen LogP contribution in [0.4, 0.5) is 0 Å². The maximum Gasteiger partial charge on any atom is 0.102 e. The van der Waals surface area contributed by atoms with Gasteiger partial charge in [-0.1, -0.05) is 20.8 Å². The van der Waals surface area contributed by atoms with Crippen LogP contribution in [0.15, 0.2) is 0 Å². The summed E-state index contributed by atoms with van der Waals surface area (Å²) in [5.41, 5.74) is 0.363. The van der Waals surface area contributed by atoms with Gasteiger partial charge in [0.25, 0.3) is 0 Å². The van der Waals surface area contributed by atoms with Crippen molar-refractivity contribution in [3.05, 3.63) is 0 Å². The second kappa shape index (κ2) is 3.94. The molecular weight excluding hydrogens is 126 g/mol. The Morgan fingerprint density at radius 3 is 2.20 bits per heavy atom. The van der Waals surface area contributed by atoms with E-state index < -0.39 is 0 Å². The van der Waals surface area contributed by atoms with Crippen LogP contribution in [0, 0.1) is 5.41 Å². The molecule has 1 atom stereocenters. The van der Waals surface area contributed by atoms with Crippen molar-refractivity contribution in [2.24, 2.45) is 5.41 Å². The van der Waals surface area contributed by atoms with Gasteiger partial charge < -0.3 is 5.11 Å². The lowest BCUT2D eigenvalue weighted by molar-refractivity contribution is 0.151. The van der Waals surface area contributed by atoms with Gasteiger partial charge in [-0.2, -0.15) is 0 Å². The van der Waals surface area contributed by atoms with Crippen LogP contribution < -0.4 is 5.32 Å². The summed E-state index contributed by atoms with van der Waals surface area (Å²) in [6.45, 7) is 9.20. The van der Waals surface area contributed by atoms with Crippen molar-refractivity contribution in [1.82, 2.24) is 5.32 Å². The largest absolute Gasteiger partial charge is 0.379 e. The summed E-state index contributed by atoms with van der Waals surface area (Å²) in [5.74, 6) is 0. The van der Waals surface area contributed by atoms with E-state index in [1.165, 1.54) is 0 Å². The van der Waals surface area contributed by atoms with E-state index in [0.717, 1.165) is 13.0 Å². The van der Waals surface area contributed by atoms with Crippen LogP contribution in [0.25, 0.3) is 0 Å². The summed E-state index contributed by atoms with van der Waals surface area (Å²) < 4.78 is 0. The van der Waals surface area contributed by atoms with Crippen molar-refractivity contribution in [3.63, 3.8) is 0 Å². The fourth-order valence-corrected chi connectivity index (χ4v) is 0.656. The molecule has 62 valence electrons. The topological polar surface area (TPSA) is 32.3 Å². The highest BCUT2D eigenvalue weighted by Crippen LogP contribution is 2.16. The first kappa shape index (κ1) is 9.92. The molecule has 0 saturated carbocycles. The second-order valence-corrected chi connectivity index (χ2v) is 3.94. The van der Waals surface area contributed by atoms with Crippen LogP contribution in [0.1, 0.15) is 34.1 Å². The molecule has 10 heavy (non-hydrogen) atoms. The minimum Gasteiger partial charge on any atom is -0.379 e. The Morgan fingerprint density at radius 2 is 1.90 bits per heavy atom. The molecule has 0 aliphatic carbocycles. The molecule has 0 amide bonds. The van der Waals surface area contributed by atoms with Gasteiger partial charge in [0.2, 0.25) is 0 Å². The number of aliphatic hydroxyl groups is 1. The Kier molecular flexibility index (Phi) is 3.91. The van der Waals surface area contributed by atoms with E-state index in [1.807, 2.05) is 0 Å². The van der Waals surface area contributed by atoms with Gasteiger partial charge in [0.1, 0.15) is 6.23 Å². The normalized spacial score (nSPS) is 15.3. The van der Waals surface area contributed by atoms with Gasteiger partial charge in [0.05, 0.1) is 0 Å². The van der Waals surface area contributed by atoms with Crippen LogP contribution in [-0.2, 0) is 0 Å². The summed E-state index contributed by atoms with van der Waals surface area (Å²) in [4.78, 5) is 0. The van der Waals surface area contributed by atoms with E-state index in [4.69, 9.17) is 5.11 Å². The lowest BCUT2D eigenvalue weighted by Gasteiger charge is -2.18. The molecular formula is C8H19NO. The summed E-state index contributed by atoms with van der Waals surface area (Å²) in [6, 6.07) is 0. The number of hydrogen-bond acceptors (Lipinski definition) is 2. The zero-order valence-electron chi connectivity index (χ0n) is 7.44. The van der Waals surface area contributed by atoms with Crippen molar-refractivity contribution in [2.45, 2.75) is 40.3 Å². The molecule has 1 unspecified atom stereocenters. The lowest BCUT2D eigenvalue weighted by Crippen LogP contribution is -2.28. The predicted molar refractivity (Wildman–Crippen MR) is 43.8 cm³/mol. The molecule has 0 aromatic rings. The second-order valence-electron chi connectivity index (χ2n) is 3.94. The third-order valence-corrected chi connectivity index (χ3v) is 1.31. The van der Waals surface area contributed by atoms with E-state index in [2.05, 4.69) is 26.1 Å². The van der Waals surface area contributed by atoms with E-state index in [1.54, 1.807) is 6.92 Å². The van der Waals surface area contributed by atoms with Gasteiger partial charge in [0.15, 0.2) is 0 Å². The molecule has 2 heteroatoms. The number of rotatable bonds is 3. The van der Waals surface area contributed by atoms with Gasteiger partial charge >= 0.3 is 0 Å². The highest BCUT2D eigenvalue weighted by molar-refractivity contribution is 4.62. The first-order valence-corrected chi connectivity index (χ1v) is 3.83. The van der Waals surface area contributed by atoms with Crippen molar-refractivity contribution in [3.8, 4) is 0 Å². The zero-order valence-corrected chi connectivity index (χ0v) is 7.44. The van der Waals surface area contributed by atoms with Crippen molar-refractivity contribution < 1.29 is 5.11 Å². The Labute approximate surface area is 63.6 Å². The van der Waals surface area contributed by atoms with E-state index >= 15 is 0 Å². The zero-order chi connectivity index (χ0) is 8.20. The van der Waals surface area contributed by atoms with E-state index in [0.29, 0.717) is 5.41 Å². The highest BCUT2D eigenvalue weighted by Gasteiger charge is 2.08. The summed E-state index contributed by atoms with van der Waals surface area (Å²) in [6.07, 6.45) is 0.722. The molecule has 0 heterocycles. The SMILES string of the molecule is CC(O)NCCC(C)(C)C. The van der Waals surface area contributed by atoms with Crippen LogP contribution in [0.3, 0.4) is 0 Å². The summed E-state index contributed by atoms with van der Waals surface area (Å²) >= 11 is 0. The van der Waals surface area contributed by atoms with Crippen molar-refractivity contribution in [2.75, 3.05) is 6.54 Å². The van der Waals surface area contributed by atoms with Crippen molar-refractivity contribution in [1.29, 1.82) is 0 Å². The van der Waals surface area contributed by atoms with Crippen LogP contribution in [-0.4, -0.2) is 17.9 Å². The minimum atomic E-state index is -0.373. The molecule has 0 rings (SSSR count). The third kappa shape index (κ3) is 7.92. The van der Waals surface area contributed by atoms with E-state index in [9.17, 15) is 0 Å². The molecule has 0 radical (unpaired) electrons. The smallest absolute Gasteiger partial charge is 0.102 e. The Bertz CT molecular complexity index is 83.7. The Balaban J connectivity index is 3.21. The molecule has 0 aromatic heterocycles. The first-order chi connectivity index (χ1) is 4.42. The first-order valence-electron chi connectivity index (χ1n) is 3.83. The van der Waals surface area contributed by atoms with Gasteiger partial charge in [-0.15, -0.1) is 0 Å². The average Bonchev–Trinajstić information content (AvgIpc) is 1.59. The van der Waals surface area contributed by atoms with Gasteiger partial charge in [0, 0.05) is 0 Å². The number of hydrogen-bond donors (Lipinski definition) is 2. The Morgan fingerprint density at radius 1 is 1.40 bits per heavy atom. The molecule has 0 aliphatic rings. The molecule has 0 spiro atoms. The van der Waals surface area contributed by atoms with E-state index in [-0.39, 0.29) is 6.23 Å². The van der Waals surface area contributed by atoms with Gasteiger partial charge in [-0.3, -0.25) is 5.32 Å². The fraction of sp³-hybridized carbons (Fsp3) is 1.00. The molecule has 0 bridgehead atoms. The Hall–Kier alpha value is -0.0800. The predicted octanol–water partition coefficient (Wildman–Crippen LogP) is 1.35. The molecule has 0 aromatic carbocycles. The van der Waals surface area contributed by atoms with Crippen LogP contribution >= 0.6 is 0 Å². The number of nitrogens with one attached hydrogen (secondary N) is 1. The van der Waals surface area contributed by atoms with Crippen molar-refractivity contribution >= 4 is 0 Å². The molecule has 0 fully saturated rings. The van der Waals surface area contributed by atoms with Gasteiger partial charge in [-0.25, -0.2) is 0 Å². The minimum absolute atomic E-state index is 0.363. The molecule has 0 aliphatic heterocycles. The number of aliphatic hydroxyl groups excluding tert-OH is 1. The third-order valence-electron chi connectivity index (χ3n) is 1.31. The molecule has 2 nitrogen and oxygen atoms in total. The standard InChI is InChI=1S/C8H19NO/c1-7(10)9-6-5-8(2,3)4/h7,9-10H,5-6H2,1-4H3. The average molecular weight is 145 g/mol. The lowest BCUT2D eigenvalue weighted by atomic mass is 9.92. The molecule has 2 N–H and O–H groups in total. The monoisotopic (exact) mass is 145 g/mol. The fourth-order valence-electron chi connectivity index (χ4n) is 0.656. The summed E-state index contributed by atoms with van der Waals surface area (Å²) in [7, 11) is 0. The summed E-state index contributed by atoms with van der Waals surface area (Å²) in [5, 5.41) is 11.8. The maximum atomic E-state index is 8.84. The van der Waals surface area contributed by atoms with Crippen LogP contribution in [0.2, 0.25) is 0 Å². The van der Waals surface area contributed by atoms with Crippen LogP contribution in [0.5, 0.6) is 0 Å². The molecule has 0 saturated heterocycles. The van der Waals surface area contributed by atoms with Gasteiger partial charge in [-0.05, 0) is 25.3 Å². The highest BCUT2D eigenvalue weighted by atomic mass is 16.3. The maximum absolute atomic E-state index is 8.84. The quantitative estimate of drug-likeness (QED) is 0.587.